The molecule has 0 radical (unpaired) electrons. The molecule has 0 aliphatic heterocycles. The molecule has 20 heavy (non-hydrogen) atoms. The molecule has 4 heteroatoms. The lowest BCUT2D eigenvalue weighted by molar-refractivity contribution is 0.0878. The Bertz CT molecular complexity index is 573. The van der Waals surface area contributed by atoms with E-state index in [-0.39, 0.29) is 17.3 Å². The molecule has 0 N–H and O–H groups in total. The Morgan fingerprint density at radius 1 is 1.20 bits per heavy atom. The first kappa shape index (κ1) is 14.8. The molecule has 1 aliphatic rings. The SMILES string of the molecule is CC(C)CCCOC1=CC(=O)c2cc(Cl)ccc2C1=O. The minimum absolute atomic E-state index is 0.133. The quantitative estimate of drug-likeness (QED) is 0.769. The van der Waals surface area contributed by atoms with Gasteiger partial charge in [-0.2, -0.15) is 0 Å². The molecule has 0 atom stereocenters. The summed E-state index contributed by atoms with van der Waals surface area (Å²) < 4.78 is 5.46. The standard InChI is InChI=1S/C16H17ClO3/c1-10(2)4-3-7-20-15-9-14(18)13-8-11(17)5-6-12(13)16(15)19/h5-6,8-10H,3-4,7H2,1-2H3. The maximum Gasteiger partial charge on any atom is 0.228 e. The van der Waals surface area contributed by atoms with E-state index < -0.39 is 0 Å². The predicted octanol–water partition coefficient (Wildman–Crippen LogP) is 4.06. The van der Waals surface area contributed by atoms with Crippen LogP contribution in [0.3, 0.4) is 0 Å². The fourth-order valence-corrected chi connectivity index (χ4v) is 2.27. The first-order valence-electron chi connectivity index (χ1n) is 6.72. The fraction of sp³-hybridized carbons (Fsp3) is 0.375. The van der Waals surface area contributed by atoms with E-state index in [1.54, 1.807) is 12.1 Å². The second-order valence-corrected chi connectivity index (χ2v) is 5.71. The van der Waals surface area contributed by atoms with Crippen LogP contribution in [0.4, 0.5) is 0 Å². The van der Waals surface area contributed by atoms with Gasteiger partial charge in [-0.25, -0.2) is 0 Å². The van der Waals surface area contributed by atoms with E-state index in [0.717, 1.165) is 12.8 Å². The Labute approximate surface area is 123 Å². The van der Waals surface area contributed by atoms with E-state index in [9.17, 15) is 9.59 Å². The van der Waals surface area contributed by atoms with E-state index in [0.29, 0.717) is 28.7 Å². The highest BCUT2D eigenvalue weighted by molar-refractivity contribution is 6.32. The summed E-state index contributed by atoms with van der Waals surface area (Å²) in [6, 6.07) is 4.69. The molecule has 106 valence electrons. The molecule has 0 amide bonds. The summed E-state index contributed by atoms with van der Waals surface area (Å²) in [7, 11) is 0. The molecule has 1 aromatic carbocycles. The summed E-state index contributed by atoms with van der Waals surface area (Å²) in [5.74, 6) is 0.245. The van der Waals surface area contributed by atoms with Crippen molar-refractivity contribution in [2.75, 3.05) is 6.61 Å². The molecule has 1 aromatic rings. The topological polar surface area (TPSA) is 43.4 Å². The third-order valence-corrected chi connectivity index (χ3v) is 3.40. The molecule has 1 aliphatic carbocycles. The van der Waals surface area contributed by atoms with Gasteiger partial charge in [0, 0.05) is 22.2 Å². The minimum atomic E-state index is -0.249. The van der Waals surface area contributed by atoms with Gasteiger partial charge in [0.05, 0.1) is 6.61 Å². The molecule has 0 unspecified atom stereocenters. The summed E-state index contributed by atoms with van der Waals surface area (Å²) in [4.78, 5) is 24.2. The van der Waals surface area contributed by atoms with Crippen molar-refractivity contribution in [1.29, 1.82) is 0 Å². The van der Waals surface area contributed by atoms with E-state index in [1.165, 1.54) is 12.1 Å². The number of benzene rings is 1. The van der Waals surface area contributed by atoms with Crippen molar-refractivity contribution in [1.82, 2.24) is 0 Å². The van der Waals surface area contributed by atoms with Gasteiger partial charge < -0.3 is 4.74 Å². The average molecular weight is 293 g/mol. The fourth-order valence-electron chi connectivity index (χ4n) is 2.09. The van der Waals surface area contributed by atoms with Crippen molar-refractivity contribution in [3.63, 3.8) is 0 Å². The van der Waals surface area contributed by atoms with E-state index >= 15 is 0 Å². The number of Topliss-reactive ketones (excluding diaryl/α,β-unsaturated/α-hetero) is 1. The van der Waals surface area contributed by atoms with Crippen LogP contribution < -0.4 is 0 Å². The molecule has 0 spiro atoms. The smallest absolute Gasteiger partial charge is 0.228 e. The number of ether oxygens (including phenoxy) is 1. The summed E-state index contributed by atoms with van der Waals surface area (Å²) in [6.07, 6.45) is 3.15. The maximum absolute atomic E-state index is 12.2. The van der Waals surface area contributed by atoms with Gasteiger partial charge in [0.15, 0.2) is 11.5 Å². The number of hydrogen-bond acceptors (Lipinski definition) is 3. The second-order valence-electron chi connectivity index (χ2n) is 5.28. The molecule has 0 saturated carbocycles. The van der Waals surface area contributed by atoms with Crippen LogP contribution in [-0.2, 0) is 4.74 Å². The minimum Gasteiger partial charge on any atom is -0.489 e. The van der Waals surface area contributed by atoms with Gasteiger partial charge >= 0.3 is 0 Å². The average Bonchev–Trinajstić information content (AvgIpc) is 2.39. The number of halogens is 1. The van der Waals surface area contributed by atoms with Crippen LogP contribution >= 0.6 is 11.6 Å². The van der Waals surface area contributed by atoms with Crippen LogP contribution in [0.1, 0.15) is 47.4 Å². The Morgan fingerprint density at radius 3 is 2.65 bits per heavy atom. The van der Waals surface area contributed by atoms with Crippen molar-refractivity contribution in [3.05, 3.63) is 46.2 Å². The van der Waals surface area contributed by atoms with Crippen molar-refractivity contribution in [2.24, 2.45) is 5.92 Å². The van der Waals surface area contributed by atoms with Crippen LogP contribution in [0.15, 0.2) is 30.0 Å². The highest BCUT2D eigenvalue weighted by Gasteiger charge is 2.26. The molecule has 0 saturated heterocycles. The van der Waals surface area contributed by atoms with Gasteiger partial charge in [-0.3, -0.25) is 9.59 Å². The predicted molar refractivity (Wildman–Crippen MR) is 78.2 cm³/mol. The van der Waals surface area contributed by atoms with Crippen molar-refractivity contribution >= 4 is 23.2 Å². The largest absolute Gasteiger partial charge is 0.489 e. The highest BCUT2D eigenvalue weighted by atomic mass is 35.5. The van der Waals surface area contributed by atoms with Crippen molar-refractivity contribution in [3.8, 4) is 0 Å². The molecule has 3 nitrogen and oxygen atoms in total. The van der Waals surface area contributed by atoms with Crippen LogP contribution in [0.5, 0.6) is 0 Å². The summed E-state index contributed by atoms with van der Waals surface area (Å²) in [5.41, 5.74) is 0.706. The normalized spacial score (nSPS) is 14.3. The van der Waals surface area contributed by atoms with E-state index in [4.69, 9.17) is 16.3 Å². The van der Waals surface area contributed by atoms with Crippen LogP contribution in [0, 0.1) is 5.92 Å². The zero-order valence-corrected chi connectivity index (χ0v) is 12.4. The number of allylic oxidation sites excluding steroid dienone is 2. The van der Waals surface area contributed by atoms with Gasteiger partial charge in [0.2, 0.25) is 5.78 Å². The summed E-state index contributed by atoms with van der Waals surface area (Å²) in [5, 5.41) is 0.444. The summed E-state index contributed by atoms with van der Waals surface area (Å²) in [6.45, 7) is 4.72. The number of carbonyl (C=O) groups is 2. The Kier molecular flexibility index (Phi) is 4.61. The Balaban J connectivity index is 2.08. The van der Waals surface area contributed by atoms with Gasteiger partial charge in [-0.15, -0.1) is 0 Å². The third kappa shape index (κ3) is 3.28. The highest BCUT2D eigenvalue weighted by Crippen LogP contribution is 2.25. The summed E-state index contributed by atoms with van der Waals surface area (Å²) >= 11 is 5.84. The maximum atomic E-state index is 12.2. The van der Waals surface area contributed by atoms with Crippen LogP contribution in [0.25, 0.3) is 0 Å². The lowest BCUT2D eigenvalue weighted by Crippen LogP contribution is -2.19. The molecule has 0 aromatic heterocycles. The van der Waals surface area contributed by atoms with Gasteiger partial charge in [-0.1, -0.05) is 25.4 Å². The molecular formula is C16H17ClO3. The number of hydrogen-bond donors (Lipinski definition) is 0. The lowest BCUT2D eigenvalue weighted by Gasteiger charge is -2.16. The molecule has 2 rings (SSSR count). The van der Waals surface area contributed by atoms with Crippen molar-refractivity contribution < 1.29 is 14.3 Å². The number of rotatable bonds is 5. The lowest BCUT2D eigenvalue weighted by atomic mass is 9.94. The van der Waals surface area contributed by atoms with Crippen molar-refractivity contribution in [2.45, 2.75) is 26.7 Å². The van der Waals surface area contributed by atoms with E-state index in [2.05, 4.69) is 13.8 Å². The monoisotopic (exact) mass is 292 g/mol. The molecule has 0 fully saturated rings. The zero-order valence-electron chi connectivity index (χ0n) is 11.6. The second kappa shape index (κ2) is 6.23. The van der Waals surface area contributed by atoms with Crippen LogP contribution in [-0.4, -0.2) is 18.2 Å². The third-order valence-electron chi connectivity index (χ3n) is 3.16. The first-order chi connectivity index (χ1) is 9.49. The first-order valence-corrected chi connectivity index (χ1v) is 7.10. The molecule has 0 heterocycles. The zero-order chi connectivity index (χ0) is 14.7. The Morgan fingerprint density at radius 2 is 1.95 bits per heavy atom. The number of fused-ring (bicyclic) bond motifs is 1. The van der Waals surface area contributed by atoms with Crippen LogP contribution in [0.2, 0.25) is 5.02 Å². The Hall–Kier alpha value is -1.61. The number of ketones is 2. The van der Waals surface area contributed by atoms with Gasteiger partial charge in [0.25, 0.3) is 0 Å². The van der Waals surface area contributed by atoms with Gasteiger partial charge in [0.1, 0.15) is 0 Å². The number of carbonyl (C=O) groups excluding carboxylic acids is 2. The molecular weight excluding hydrogens is 276 g/mol. The molecule has 0 bridgehead atoms. The van der Waals surface area contributed by atoms with Gasteiger partial charge in [-0.05, 0) is 37.0 Å². The van der Waals surface area contributed by atoms with E-state index in [1.807, 2.05) is 0 Å².